The molecule has 3 aromatic carbocycles. The minimum Gasteiger partial charge on any atom is -0.497 e. The predicted octanol–water partition coefficient (Wildman–Crippen LogP) is 6.28. The smallest absolute Gasteiger partial charge is 0.341 e. The quantitative estimate of drug-likeness (QED) is 0.129. The summed E-state index contributed by atoms with van der Waals surface area (Å²) in [4.78, 5) is 57.4. The average Bonchev–Trinajstić information content (AvgIpc) is 3.96. The molecule has 2 aromatic heterocycles. The number of hydrogen-bond acceptors (Lipinski definition) is 9. The zero-order chi connectivity index (χ0) is 39.5. The second-order valence-electron chi connectivity index (χ2n) is 13.9. The van der Waals surface area contributed by atoms with Crippen molar-refractivity contribution in [2.45, 2.75) is 52.1 Å². The molecule has 7 rings (SSSR count). The molecule has 0 spiro atoms. The van der Waals surface area contributed by atoms with Gasteiger partial charge in [0.05, 0.1) is 42.7 Å². The molecule has 2 fully saturated rings. The standard InChI is InChI=1S/C40H38ClFN6O7/c1-20-18-45(36-33(42)34(44-19-43)32-35(38(36)55-5)47(25-10-11-25)22(3)31(37(32)50)40(52)53)14-15-46(20)30(49)17-27-21(2)48(29-13-12-26(54-4)16-28(27)29)39(51)23-6-8-24(41)9-7-23/h6-9,12-13,16,20,25,44H,10-11,14-15,17-18H2,1-5H3,(H,52,53). The van der Waals surface area contributed by atoms with Crippen LogP contribution in [0, 0.1) is 31.1 Å². The van der Waals surface area contributed by atoms with E-state index in [1.807, 2.05) is 13.0 Å². The Morgan fingerprint density at radius 2 is 1.76 bits per heavy atom. The first-order valence-corrected chi connectivity index (χ1v) is 18.1. The number of carbonyl (C=O) groups is 3. The first-order chi connectivity index (χ1) is 26.3. The SMILES string of the molecule is COc1ccc2c(c1)c(CC(=O)N1CCN(c3c(F)c(NC#N)c4c(=O)c(C(=O)O)c(C)n(C5CC5)c4c3OC)CC1C)c(C)n2C(=O)c1ccc(Cl)cc1. The van der Waals surface area contributed by atoms with Crippen molar-refractivity contribution in [2.75, 3.05) is 44.1 Å². The number of anilines is 2. The molecule has 1 aliphatic carbocycles. The van der Waals surface area contributed by atoms with Gasteiger partial charge in [-0.15, -0.1) is 0 Å². The van der Waals surface area contributed by atoms with E-state index >= 15 is 4.39 Å². The molecular formula is C40H38ClFN6O7. The van der Waals surface area contributed by atoms with Gasteiger partial charge in [-0.25, -0.2) is 9.18 Å². The van der Waals surface area contributed by atoms with Crippen LogP contribution in [-0.4, -0.2) is 76.8 Å². The number of nitriles is 1. The highest BCUT2D eigenvalue weighted by Crippen LogP contribution is 2.48. The Kier molecular flexibility index (Phi) is 9.68. The van der Waals surface area contributed by atoms with Crippen molar-refractivity contribution in [1.29, 1.82) is 5.26 Å². The average molecular weight is 769 g/mol. The number of nitrogens with one attached hydrogen (secondary N) is 1. The van der Waals surface area contributed by atoms with Crippen LogP contribution in [0.1, 0.15) is 63.5 Å². The highest BCUT2D eigenvalue weighted by atomic mass is 35.5. The fraction of sp³-hybridized carbons (Fsp3) is 0.325. The minimum absolute atomic E-state index is 0.00491. The largest absolute Gasteiger partial charge is 0.497 e. The molecule has 5 aromatic rings. The van der Waals surface area contributed by atoms with Crippen molar-refractivity contribution >= 4 is 62.6 Å². The van der Waals surface area contributed by atoms with E-state index in [0.717, 1.165) is 0 Å². The van der Waals surface area contributed by atoms with Gasteiger partial charge in [0.2, 0.25) is 11.3 Å². The van der Waals surface area contributed by atoms with Crippen molar-refractivity contribution in [3.63, 3.8) is 0 Å². The lowest BCUT2D eigenvalue weighted by atomic mass is 10.0. The number of methoxy groups -OCH3 is 2. The first kappa shape index (κ1) is 37.3. The number of rotatable bonds is 9. The van der Waals surface area contributed by atoms with E-state index in [1.165, 1.54) is 14.0 Å². The van der Waals surface area contributed by atoms with E-state index in [9.17, 15) is 29.5 Å². The number of halogens is 2. The molecule has 3 heterocycles. The summed E-state index contributed by atoms with van der Waals surface area (Å²) in [6.07, 6.45) is 3.11. The van der Waals surface area contributed by atoms with E-state index < -0.39 is 34.5 Å². The Balaban J connectivity index is 1.25. The summed E-state index contributed by atoms with van der Waals surface area (Å²) in [5.74, 6) is -2.27. The Labute approximate surface area is 320 Å². The van der Waals surface area contributed by atoms with Crippen LogP contribution in [0.2, 0.25) is 5.02 Å². The lowest BCUT2D eigenvalue weighted by Gasteiger charge is -2.41. The third-order valence-corrected chi connectivity index (χ3v) is 11.0. The van der Waals surface area contributed by atoms with Crippen LogP contribution < -0.4 is 25.1 Å². The molecule has 1 atom stereocenters. The lowest BCUT2D eigenvalue weighted by molar-refractivity contribution is -0.132. The summed E-state index contributed by atoms with van der Waals surface area (Å²) in [5.41, 5.74) is 0.867. The van der Waals surface area contributed by atoms with Crippen LogP contribution >= 0.6 is 11.6 Å². The maximum absolute atomic E-state index is 16.8. The number of nitrogens with zero attached hydrogens (tertiary/aromatic N) is 5. The molecule has 55 heavy (non-hydrogen) atoms. The molecule has 284 valence electrons. The number of aromatic nitrogens is 2. The molecule has 13 nitrogen and oxygen atoms in total. The van der Waals surface area contributed by atoms with E-state index in [1.54, 1.807) is 75.6 Å². The van der Waals surface area contributed by atoms with Crippen LogP contribution in [0.15, 0.2) is 47.3 Å². The molecule has 1 amide bonds. The Morgan fingerprint density at radius 3 is 2.36 bits per heavy atom. The van der Waals surface area contributed by atoms with Gasteiger partial charge in [0.25, 0.3) is 5.91 Å². The van der Waals surface area contributed by atoms with Crippen LogP contribution in [0.4, 0.5) is 15.8 Å². The zero-order valence-electron chi connectivity index (χ0n) is 30.8. The van der Waals surface area contributed by atoms with Gasteiger partial charge in [-0.1, -0.05) is 11.6 Å². The van der Waals surface area contributed by atoms with E-state index in [-0.39, 0.29) is 71.9 Å². The number of carbonyl (C=O) groups excluding carboxylic acids is 2. The second-order valence-corrected chi connectivity index (χ2v) is 14.3. The normalized spacial score (nSPS) is 15.6. The van der Waals surface area contributed by atoms with Gasteiger partial charge in [-0.05, 0) is 81.6 Å². The molecule has 15 heteroatoms. The number of piperazine rings is 1. The molecule has 1 aliphatic heterocycles. The number of benzene rings is 3. The number of carboxylic acid groups (broad SMARTS) is 1. The monoisotopic (exact) mass is 768 g/mol. The van der Waals surface area contributed by atoms with Gasteiger partial charge in [0.15, 0.2) is 17.8 Å². The highest BCUT2D eigenvalue weighted by molar-refractivity contribution is 6.30. The number of hydrogen-bond donors (Lipinski definition) is 2. The van der Waals surface area contributed by atoms with E-state index in [0.29, 0.717) is 51.3 Å². The van der Waals surface area contributed by atoms with Crippen molar-refractivity contribution in [2.24, 2.45) is 0 Å². The van der Waals surface area contributed by atoms with Gasteiger partial charge >= 0.3 is 5.97 Å². The number of ether oxygens (including phenoxy) is 2. The Bertz CT molecular complexity index is 2540. The molecule has 0 radical (unpaired) electrons. The van der Waals surface area contributed by atoms with Crippen molar-refractivity contribution in [3.8, 4) is 17.7 Å². The van der Waals surface area contributed by atoms with Crippen molar-refractivity contribution in [3.05, 3.63) is 91.6 Å². The van der Waals surface area contributed by atoms with Crippen molar-refractivity contribution in [1.82, 2.24) is 14.0 Å². The summed E-state index contributed by atoms with van der Waals surface area (Å²) >= 11 is 6.08. The molecule has 1 unspecified atom stereocenters. The van der Waals surface area contributed by atoms with Gasteiger partial charge in [-0.2, -0.15) is 5.26 Å². The topological polar surface area (TPSA) is 159 Å². The zero-order valence-corrected chi connectivity index (χ0v) is 31.6. The summed E-state index contributed by atoms with van der Waals surface area (Å²) in [7, 11) is 2.90. The fourth-order valence-electron chi connectivity index (χ4n) is 7.97. The third-order valence-electron chi connectivity index (χ3n) is 10.7. The molecule has 1 saturated carbocycles. The third kappa shape index (κ3) is 6.18. The van der Waals surface area contributed by atoms with Crippen molar-refractivity contribution < 1.29 is 33.4 Å². The maximum Gasteiger partial charge on any atom is 0.341 e. The van der Waals surface area contributed by atoms with Crippen LogP contribution in [0.5, 0.6) is 11.5 Å². The summed E-state index contributed by atoms with van der Waals surface area (Å²) in [5, 5.41) is 22.9. The Morgan fingerprint density at radius 1 is 1.05 bits per heavy atom. The van der Waals surface area contributed by atoms with E-state index in [2.05, 4.69) is 5.32 Å². The van der Waals surface area contributed by atoms with Crippen LogP contribution in [0.3, 0.4) is 0 Å². The molecular weight excluding hydrogens is 731 g/mol. The first-order valence-electron chi connectivity index (χ1n) is 17.7. The number of fused-ring (bicyclic) bond motifs is 2. The second kappa shape index (κ2) is 14.3. The van der Waals surface area contributed by atoms with Crippen LogP contribution in [0.25, 0.3) is 21.8 Å². The van der Waals surface area contributed by atoms with Gasteiger partial charge in [0, 0.05) is 59.1 Å². The number of pyridine rings is 1. The van der Waals surface area contributed by atoms with E-state index in [4.69, 9.17) is 21.1 Å². The summed E-state index contributed by atoms with van der Waals surface area (Å²) in [6.45, 7) is 5.71. The predicted molar refractivity (Wildman–Crippen MR) is 205 cm³/mol. The highest BCUT2D eigenvalue weighted by Gasteiger charge is 2.38. The number of amides is 1. The van der Waals surface area contributed by atoms with Gasteiger partial charge in [0.1, 0.15) is 17.0 Å². The molecule has 0 bridgehead atoms. The van der Waals surface area contributed by atoms with Gasteiger partial charge in [-0.3, -0.25) is 24.3 Å². The summed E-state index contributed by atoms with van der Waals surface area (Å²) < 4.78 is 31.4. The number of aromatic carboxylic acids is 1. The number of carboxylic acids is 1. The fourth-order valence-corrected chi connectivity index (χ4v) is 8.10. The van der Waals surface area contributed by atoms with Crippen LogP contribution in [-0.2, 0) is 11.2 Å². The molecule has 1 saturated heterocycles. The molecule has 2 N–H and O–H groups in total. The maximum atomic E-state index is 16.8. The minimum atomic E-state index is -1.45. The van der Waals surface area contributed by atoms with Gasteiger partial charge < -0.3 is 28.9 Å². The summed E-state index contributed by atoms with van der Waals surface area (Å²) in [6, 6.07) is 11.4. The molecule has 2 aliphatic rings. The lowest BCUT2D eigenvalue weighted by Crippen LogP contribution is -2.54. The Hall–Kier alpha value is -6.07.